The SMILES string of the molecule is COc1cc2nc(S(=O)Cc3cccc4c3N(C)CCC4C)[nH]c2cc1F. The molecule has 0 spiro atoms. The first-order valence-corrected chi connectivity index (χ1v) is 10.2. The van der Waals surface area contributed by atoms with E-state index in [2.05, 4.69) is 34.9 Å². The molecule has 27 heavy (non-hydrogen) atoms. The fraction of sp³-hybridized carbons (Fsp3) is 0.350. The van der Waals surface area contributed by atoms with E-state index < -0.39 is 16.6 Å². The van der Waals surface area contributed by atoms with Crippen LogP contribution in [0.15, 0.2) is 35.5 Å². The Hall–Kier alpha value is -2.41. The van der Waals surface area contributed by atoms with E-state index in [1.165, 1.54) is 30.5 Å². The zero-order valence-electron chi connectivity index (χ0n) is 15.6. The lowest BCUT2D eigenvalue weighted by Crippen LogP contribution is -2.27. The van der Waals surface area contributed by atoms with Crippen LogP contribution in [-0.4, -0.2) is 34.9 Å². The Morgan fingerprint density at radius 1 is 1.41 bits per heavy atom. The van der Waals surface area contributed by atoms with Crippen LogP contribution in [-0.2, 0) is 16.6 Å². The minimum Gasteiger partial charge on any atom is -0.494 e. The van der Waals surface area contributed by atoms with Crippen molar-refractivity contribution in [1.29, 1.82) is 0 Å². The molecule has 1 N–H and O–H groups in total. The van der Waals surface area contributed by atoms with Crippen molar-refractivity contribution in [3.8, 4) is 5.75 Å². The van der Waals surface area contributed by atoms with Gasteiger partial charge in [-0.25, -0.2) is 9.37 Å². The van der Waals surface area contributed by atoms with Gasteiger partial charge in [-0.2, -0.15) is 0 Å². The molecule has 2 aromatic carbocycles. The van der Waals surface area contributed by atoms with Crippen molar-refractivity contribution in [2.75, 3.05) is 25.6 Å². The standard InChI is InChI=1S/C20H22FN3O2S/c1-12-7-8-24(2)19-13(5-4-6-14(12)19)11-27(25)20-22-16-9-15(21)18(26-3)10-17(16)23-20/h4-6,9-10,12H,7-8,11H2,1-3H3,(H,22,23). The van der Waals surface area contributed by atoms with Crippen LogP contribution in [0.4, 0.5) is 10.1 Å². The zero-order chi connectivity index (χ0) is 19.1. The minimum absolute atomic E-state index is 0.124. The van der Waals surface area contributed by atoms with Crippen molar-refractivity contribution in [3.63, 3.8) is 0 Å². The average molecular weight is 387 g/mol. The van der Waals surface area contributed by atoms with Crippen molar-refractivity contribution in [2.45, 2.75) is 30.2 Å². The highest BCUT2D eigenvalue weighted by atomic mass is 32.2. The Morgan fingerprint density at radius 2 is 2.22 bits per heavy atom. The molecule has 1 aliphatic rings. The summed E-state index contributed by atoms with van der Waals surface area (Å²) in [6.07, 6.45) is 1.12. The van der Waals surface area contributed by atoms with Crippen molar-refractivity contribution in [1.82, 2.24) is 9.97 Å². The fourth-order valence-corrected chi connectivity index (χ4v) is 4.78. The molecule has 5 nitrogen and oxygen atoms in total. The smallest absolute Gasteiger partial charge is 0.197 e. The van der Waals surface area contributed by atoms with Gasteiger partial charge in [-0.05, 0) is 23.5 Å². The van der Waals surface area contributed by atoms with Crippen LogP contribution >= 0.6 is 0 Å². The lowest BCUT2D eigenvalue weighted by atomic mass is 9.90. The van der Waals surface area contributed by atoms with E-state index in [0.29, 0.717) is 27.9 Å². The van der Waals surface area contributed by atoms with Crippen LogP contribution in [0.5, 0.6) is 5.75 Å². The van der Waals surface area contributed by atoms with Gasteiger partial charge in [0.15, 0.2) is 16.7 Å². The van der Waals surface area contributed by atoms with Crippen molar-refractivity contribution in [2.24, 2.45) is 0 Å². The summed E-state index contributed by atoms with van der Waals surface area (Å²) < 4.78 is 31.9. The Kier molecular flexibility index (Phi) is 4.63. The number of methoxy groups -OCH3 is 1. The lowest BCUT2D eigenvalue weighted by molar-refractivity contribution is 0.387. The molecule has 2 unspecified atom stereocenters. The Labute approximate surface area is 160 Å². The molecule has 0 saturated carbocycles. The Balaban J connectivity index is 1.67. The maximum atomic E-state index is 13.9. The van der Waals surface area contributed by atoms with E-state index in [9.17, 15) is 8.60 Å². The van der Waals surface area contributed by atoms with Gasteiger partial charge < -0.3 is 14.6 Å². The largest absolute Gasteiger partial charge is 0.494 e. The molecule has 0 bridgehead atoms. The molecule has 0 fully saturated rings. The van der Waals surface area contributed by atoms with Crippen LogP contribution in [0.25, 0.3) is 11.0 Å². The molecule has 7 heteroatoms. The molecule has 142 valence electrons. The van der Waals surface area contributed by atoms with Crippen LogP contribution < -0.4 is 9.64 Å². The minimum atomic E-state index is -1.36. The summed E-state index contributed by atoms with van der Waals surface area (Å²) in [5.74, 6) is 0.503. The van der Waals surface area contributed by atoms with Crippen LogP contribution in [0, 0.1) is 5.82 Å². The number of aromatic amines is 1. The molecule has 0 saturated heterocycles. The van der Waals surface area contributed by atoms with Crippen LogP contribution in [0.2, 0.25) is 0 Å². The first-order valence-electron chi connectivity index (χ1n) is 8.92. The molecule has 4 rings (SSSR count). The number of rotatable bonds is 4. The predicted molar refractivity (Wildman–Crippen MR) is 105 cm³/mol. The van der Waals surface area contributed by atoms with Crippen LogP contribution in [0.1, 0.15) is 30.4 Å². The Morgan fingerprint density at radius 3 is 3.00 bits per heavy atom. The van der Waals surface area contributed by atoms with E-state index in [1.54, 1.807) is 0 Å². The van der Waals surface area contributed by atoms with Crippen LogP contribution in [0.3, 0.4) is 0 Å². The van der Waals surface area contributed by atoms with Gasteiger partial charge >= 0.3 is 0 Å². The Bertz CT molecular complexity index is 1030. The van der Waals surface area contributed by atoms with Gasteiger partial charge in [-0.1, -0.05) is 25.1 Å². The summed E-state index contributed by atoms with van der Waals surface area (Å²) in [5.41, 5.74) is 4.57. The third-order valence-electron chi connectivity index (χ3n) is 5.20. The van der Waals surface area contributed by atoms with E-state index in [-0.39, 0.29) is 5.75 Å². The fourth-order valence-electron chi connectivity index (χ4n) is 3.71. The summed E-state index contributed by atoms with van der Waals surface area (Å²) >= 11 is 0. The van der Waals surface area contributed by atoms with Gasteiger partial charge in [0.25, 0.3) is 0 Å². The number of hydrogen-bond acceptors (Lipinski definition) is 4. The highest BCUT2D eigenvalue weighted by Crippen LogP contribution is 2.37. The number of nitrogens with zero attached hydrogens (tertiary/aromatic N) is 2. The number of anilines is 1. The van der Waals surface area contributed by atoms with E-state index in [1.807, 2.05) is 12.1 Å². The second-order valence-electron chi connectivity index (χ2n) is 7.00. The van der Waals surface area contributed by atoms with E-state index in [0.717, 1.165) is 18.5 Å². The molecule has 3 aromatic rings. The highest BCUT2D eigenvalue weighted by molar-refractivity contribution is 7.84. The third kappa shape index (κ3) is 3.20. The molecule has 1 aromatic heterocycles. The van der Waals surface area contributed by atoms with E-state index >= 15 is 0 Å². The zero-order valence-corrected chi connectivity index (χ0v) is 16.4. The van der Waals surface area contributed by atoms with Gasteiger partial charge in [0.05, 0.1) is 34.7 Å². The third-order valence-corrected chi connectivity index (χ3v) is 6.39. The summed E-state index contributed by atoms with van der Waals surface area (Å²) in [6.45, 7) is 3.22. The summed E-state index contributed by atoms with van der Waals surface area (Å²) in [5, 5.41) is 0.349. The maximum absolute atomic E-state index is 13.9. The van der Waals surface area contributed by atoms with Crippen molar-refractivity contribution in [3.05, 3.63) is 47.3 Å². The molecule has 0 amide bonds. The molecule has 0 aliphatic carbocycles. The summed E-state index contributed by atoms with van der Waals surface area (Å²) in [7, 11) is 2.12. The number of fused-ring (bicyclic) bond motifs is 2. The number of ether oxygens (including phenoxy) is 1. The van der Waals surface area contributed by atoms with Gasteiger partial charge in [0.1, 0.15) is 0 Å². The first kappa shape index (κ1) is 18.0. The molecular weight excluding hydrogens is 365 g/mol. The number of para-hydroxylation sites is 1. The average Bonchev–Trinajstić information content (AvgIpc) is 3.07. The maximum Gasteiger partial charge on any atom is 0.197 e. The number of benzene rings is 2. The summed E-state index contributed by atoms with van der Waals surface area (Å²) in [6, 6.07) is 9.04. The highest BCUT2D eigenvalue weighted by Gasteiger charge is 2.24. The number of aromatic nitrogens is 2. The topological polar surface area (TPSA) is 58.2 Å². The first-order chi connectivity index (χ1) is 13.0. The monoisotopic (exact) mass is 387 g/mol. The number of hydrogen-bond donors (Lipinski definition) is 1. The lowest BCUT2D eigenvalue weighted by Gasteiger charge is -2.33. The molecule has 2 heterocycles. The second-order valence-corrected chi connectivity index (χ2v) is 8.37. The predicted octanol–water partition coefficient (Wildman–Crippen LogP) is 3.96. The number of nitrogens with one attached hydrogen (secondary N) is 1. The molecular formula is C20H22FN3O2S. The van der Waals surface area contributed by atoms with Gasteiger partial charge in [0.2, 0.25) is 0 Å². The number of H-pyrrole nitrogens is 1. The second kappa shape index (κ2) is 6.96. The van der Waals surface area contributed by atoms with Crippen molar-refractivity contribution < 1.29 is 13.3 Å². The normalized spacial score (nSPS) is 17.8. The summed E-state index contributed by atoms with van der Waals surface area (Å²) in [4.78, 5) is 9.61. The molecule has 1 aliphatic heterocycles. The van der Waals surface area contributed by atoms with Gasteiger partial charge in [-0.15, -0.1) is 0 Å². The number of halogens is 1. The van der Waals surface area contributed by atoms with Gasteiger partial charge in [0, 0.05) is 31.4 Å². The number of imidazole rings is 1. The van der Waals surface area contributed by atoms with Crippen molar-refractivity contribution >= 4 is 27.5 Å². The van der Waals surface area contributed by atoms with E-state index in [4.69, 9.17) is 4.74 Å². The van der Waals surface area contributed by atoms with Gasteiger partial charge in [-0.3, -0.25) is 4.21 Å². The molecule has 0 radical (unpaired) electrons. The quantitative estimate of drug-likeness (QED) is 0.736. The molecule has 2 atom stereocenters.